The van der Waals surface area contributed by atoms with E-state index in [9.17, 15) is 13.2 Å². The second kappa shape index (κ2) is 10.2. The van der Waals surface area contributed by atoms with Gasteiger partial charge in [-0.3, -0.25) is 9.10 Å². The van der Waals surface area contributed by atoms with Crippen molar-refractivity contribution in [1.82, 2.24) is 0 Å². The lowest BCUT2D eigenvalue weighted by Crippen LogP contribution is -2.38. The molecule has 0 saturated carbocycles. The zero-order valence-corrected chi connectivity index (χ0v) is 20.4. The zero-order chi connectivity index (χ0) is 23.3. The van der Waals surface area contributed by atoms with E-state index in [-0.39, 0.29) is 12.5 Å². The molecule has 3 rings (SSSR count). The van der Waals surface area contributed by atoms with Crippen LogP contribution in [0.2, 0.25) is 0 Å². The van der Waals surface area contributed by atoms with Crippen LogP contribution < -0.4 is 9.62 Å². The van der Waals surface area contributed by atoms with Gasteiger partial charge in [0.15, 0.2) is 0 Å². The van der Waals surface area contributed by atoms with E-state index >= 15 is 0 Å². The minimum Gasteiger partial charge on any atom is -0.324 e. The molecule has 3 aromatic carbocycles. The zero-order valence-electron chi connectivity index (χ0n) is 18.8. The maximum Gasteiger partial charge on any atom is 0.245 e. The van der Waals surface area contributed by atoms with Crippen LogP contribution in [0.15, 0.2) is 71.6 Å². The molecule has 0 aliphatic rings. The number of carbonyl (C=O) groups excluding carboxylic acids is 1. The van der Waals surface area contributed by atoms with Gasteiger partial charge in [-0.25, -0.2) is 8.42 Å². The molecule has 0 atom stereocenters. The number of hydrogen-bond donors (Lipinski definition) is 1. The van der Waals surface area contributed by atoms with Crippen molar-refractivity contribution in [3.63, 3.8) is 0 Å². The number of aryl methyl sites for hydroxylation is 3. The van der Waals surface area contributed by atoms with Crippen LogP contribution in [0.1, 0.15) is 22.3 Å². The van der Waals surface area contributed by atoms with Gasteiger partial charge in [0.1, 0.15) is 6.54 Å². The van der Waals surface area contributed by atoms with Crippen LogP contribution in [0.4, 0.5) is 11.4 Å². The molecule has 0 unspecified atom stereocenters. The minimum atomic E-state index is -3.63. The van der Waals surface area contributed by atoms with E-state index in [4.69, 9.17) is 0 Å². The van der Waals surface area contributed by atoms with E-state index in [1.807, 2.05) is 69.3 Å². The molecule has 1 amide bonds. The molecule has 0 spiro atoms. The van der Waals surface area contributed by atoms with Crippen molar-refractivity contribution in [2.75, 3.05) is 22.4 Å². The fourth-order valence-corrected chi connectivity index (χ4v) is 5.10. The number of rotatable bonds is 8. The highest BCUT2D eigenvalue weighted by Gasteiger charge is 2.22. The predicted octanol–water partition coefficient (Wildman–Crippen LogP) is 5.31. The highest BCUT2D eigenvalue weighted by Crippen LogP contribution is 2.26. The van der Waals surface area contributed by atoms with Crippen LogP contribution in [0, 0.1) is 20.8 Å². The van der Waals surface area contributed by atoms with Gasteiger partial charge in [0.05, 0.1) is 11.9 Å². The third-order valence-electron chi connectivity index (χ3n) is 5.03. The monoisotopic (exact) mass is 468 g/mol. The smallest absolute Gasteiger partial charge is 0.245 e. The number of anilines is 2. The average molecular weight is 469 g/mol. The molecule has 0 radical (unpaired) electrons. The van der Waals surface area contributed by atoms with Crippen LogP contribution in [0.5, 0.6) is 0 Å². The summed E-state index contributed by atoms with van der Waals surface area (Å²) in [5, 5.41) is 2.87. The van der Waals surface area contributed by atoms with Gasteiger partial charge in [-0.1, -0.05) is 42.5 Å². The summed E-state index contributed by atoms with van der Waals surface area (Å²) < 4.78 is 26.0. The maximum absolute atomic E-state index is 12.8. The lowest BCUT2D eigenvalue weighted by molar-refractivity contribution is -0.114. The Morgan fingerprint density at radius 3 is 2.31 bits per heavy atom. The molecule has 168 valence electrons. The van der Waals surface area contributed by atoms with Crippen LogP contribution in [0.3, 0.4) is 0 Å². The molecule has 3 aromatic rings. The summed E-state index contributed by atoms with van der Waals surface area (Å²) in [6.45, 7) is 5.38. The van der Waals surface area contributed by atoms with Crippen molar-refractivity contribution >= 4 is 39.1 Å². The number of nitrogens with one attached hydrogen (secondary N) is 1. The largest absolute Gasteiger partial charge is 0.324 e. The molecule has 0 aromatic heterocycles. The molecule has 0 saturated heterocycles. The van der Waals surface area contributed by atoms with Gasteiger partial charge in [-0.05, 0) is 67.3 Å². The summed E-state index contributed by atoms with van der Waals surface area (Å²) >= 11 is 1.75. The van der Waals surface area contributed by atoms with E-state index in [1.165, 1.54) is 4.90 Å². The summed E-state index contributed by atoms with van der Waals surface area (Å²) in [6.07, 6.45) is 1.12. The second-order valence-electron chi connectivity index (χ2n) is 7.86. The van der Waals surface area contributed by atoms with Gasteiger partial charge in [-0.2, -0.15) is 0 Å². The predicted molar refractivity (Wildman–Crippen MR) is 134 cm³/mol. The molecular weight excluding hydrogens is 440 g/mol. The van der Waals surface area contributed by atoms with Gasteiger partial charge >= 0.3 is 0 Å². The molecule has 0 fully saturated rings. The summed E-state index contributed by atoms with van der Waals surface area (Å²) in [5.74, 6) is 0.443. The summed E-state index contributed by atoms with van der Waals surface area (Å²) in [6, 6.07) is 21.7. The van der Waals surface area contributed by atoms with E-state index in [2.05, 4.69) is 17.4 Å². The number of hydrogen-bond acceptors (Lipinski definition) is 4. The number of thioether (sulfide) groups is 1. The molecule has 0 aliphatic heterocycles. The Labute approximate surface area is 194 Å². The Morgan fingerprint density at radius 1 is 0.938 bits per heavy atom. The Bertz CT molecular complexity index is 1210. The SMILES string of the molecule is Cc1ccc(C)c(N(CC(=O)Nc2ccc(CSc3ccccc3)cc2C)S(C)(=O)=O)c1. The molecule has 0 bridgehead atoms. The summed E-state index contributed by atoms with van der Waals surface area (Å²) in [7, 11) is -3.63. The minimum absolute atomic E-state index is 0.284. The molecule has 7 heteroatoms. The van der Waals surface area contributed by atoms with Crippen molar-refractivity contribution in [2.45, 2.75) is 31.4 Å². The first-order chi connectivity index (χ1) is 15.1. The number of nitrogens with zero attached hydrogens (tertiary/aromatic N) is 1. The first kappa shape index (κ1) is 23.9. The number of amides is 1. The molecule has 5 nitrogen and oxygen atoms in total. The lowest BCUT2D eigenvalue weighted by Gasteiger charge is -2.24. The number of benzene rings is 3. The molecule has 1 N–H and O–H groups in total. The fraction of sp³-hybridized carbons (Fsp3) is 0.240. The number of sulfonamides is 1. The average Bonchev–Trinajstić information content (AvgIpc) is 2.74. The molecular formula is C25H28N2O3S2. The third-order valence-corrected chi connectivity index (χ3v) is 7.24. The van der Waals surface area contributed by atoms with Crippen molar-refractivity contribution < 1.29 is 13.2 Å². The second-order valence-corrected chi connectivity index (χ2v) is 10.8. The van der Waals surface area contributed by atoms with Gasteiger partial charge in [0.25, 0.3) is 0 Å². The first-order valence-electron chi connectivity index (χ1n) is 10.3. The summed E-state index contributed by atoms with van der Waals surface area (Å²) in [4.78, 5) is 14.0. The van der Waals surface area contributed by atoms with Crippen LogP contribution in [-0.4, -0.2) is 27.1 Å². The van der Waals surface area contributed by atoms with Gasteiger partial charge in [0.2, 0.25) is 15.9 Å². The standard InChI is InChI=1S/C25H28N2O3S2/c1-18-10-11-19(2)24(14-18)27(32(4,29)30)16-25(28)26-23-13-12-21(15-20(23)3)17-31-22-8-6-5-7-9-22/h5-15H,16-17H2,1-4H3,(H,26,28). The highest BCUT2D eigenvalue weighted by molar-refractivity contribution is 7.98. The Balaban J connectivity index is 1.70. The van der Waals surface area contributed by atoms with E-state index < -0.39 is 10.0 Å². The van der Waals surface area contributed by atoms with Crippen molar-refractivity contribution in [3.8, 4) is 0 Å². The van der Waals surface area contributed by atoms with Crippen LogP contribution in [-0.2, 0) is 20.6 Å². The maximum atomic E-state index is 12.8. The van der Waals surface area contributed by atoms with E-state index in [0.29, 0.717) is 11.4 Å². The Hall–Kier alpha value is -2.77. The van der Waals surface area contributed by atoms with E-state index in [0.717, 1.165) is 38.6 Å². The normalized spacial score (nSPS) is 11.2. The molecule has 32 heavy (non-hydrogen) atoms. The lowest BCUT2D eigenvalue weighted by atomic mass is 10.1. The summed E-state index contributed by atoms with van der Waals surface area (Å²) in [5.41, 5.74) is 5.01. The quantitative estimate of drug-likeness (QED) is 0.455. The van der Waals surface area contributed by atoms with Gasteiger partial charge < -0.3 is 5.32 Å². The molecule has 0 heterocycles. The Kier molecular flexibility index (Phi) is 7.64. The number of carbonyl (C=O) groups is 1. The first-order valence-corrected chi connectivity index (χ1v) is 13.1. The molecule has 0 aliphatic carbocycles. The van der Waals surface area contributed by atoms with Crippen LogP contribution in [0.25, 0.3) is 0 Å². The van der Waals surface area contributed by atoms with Gasteiger partial charge in [0, 0.05) is 16.3 Å². The van der Waals surface area contributed by atoms with E-state index in [1.54, 1.807) is 17.8 Å². The van der Waals surface area contributed by atoms with Crippen molar-refractivity contribution in [2.24, 2.45) is 0 Å². The topological polar surface area (TPSA) is 66.5 Å². The van der Waals surface area contributed by atoms with Crippen molar-refractivity contribution in [1.29, 1.82) is 0 Å². The fourth-order valence-electron chi connectivity index (χ4n) is 3.33. The highest BCUT2D eigenvalue weighted by atomic mass is 32.2. The van der Waals surface area contributed by atoms with Crippen molar-refractivity contribution in [3.05, 3.63) is 89.0 Å². The third kappa shape index (κ3) is 6.37. The van der Waals surface area contributed by atoms with Gasteiger partial charge in [-0.15, -0.1) is 11.8 Å². The van der Waals surface area contributed by atoms with Crippen LogP contribution >= 0.6 is 11.8 Å². The Morgan fingerprint density at radius 2 is 1.66 bits per heavy atom.